The van der Waals surface area contributed by atoms with Crippen molar-refractivity contribution in [3.63, 3.8) is 0 Å². The zero-order chi connectivity index (χ0) is 17.4. The number of nitrogens with one attached hydrogen (secondary N) is 1. The van der Waals surface area contributed by atoms with E-state index in [9.17, 15) is 0 Å². The number of hydrogen-bond donors (Lipinski definition) is 2. The largest absolute Gasteiger partial charge is 0.493 e. The van der Waals surface area contributed by atoms with Crippen molar-refractivity contribution >= 4 is 35.6 Å². The first-order chi connectivity index (χ1) is 11.6. The molecule has 3 N–H and O–H groups in total. The van der Waals surface area contributed by atoms with E-state index in [0.29, 0.717) is 17.5 Å². The van der Waals surface area contributed by atoms with Crippen LogP contribution in [0, 0.1) is 5.41 Å². The Kier molecular flexibility index (Phi) is 9.34. The molecule has 1 fully saturated rings. The molecule has 1 aromatic rings. The van der Waals surface area contributed by atoms with Crippen molar-refractivity contribution in [3.05, 3.63) is 18.2 Å². The number of hydrogen-bond acceptors (Lipinski definition) is 4. The molecule has 0 radical (unpaired) electrons. The van der Waals surface area contributed by atoms with Gasteiger partial charge >= 0.3 is 0 Å². The van der Waals surface area contributed by atoms with Crippen molar-refractivity contribution in [1.82, 2.24) is 0 Å². The maximum Gasteiger partial charge on any atom is 0.193 e. The summed E-state index contributed by atoms with van der Waals surface area (Å²) in [7, 11) is 3.22. The Morgan fingerprint density at radius 1 is 1.24 bits per heavy atom. The summed E-state index contributed by atoms with van der Waals surface area (Å²) < 4.78 is 16.0. The fourth-order valence-electron chi connectivity index (χ4n) is 2.95. The quantitative estimate of drug-likeness (QED) is 0.253. The summed E-state index contributed by atoms with van der Waals surface area (Å²) in [6, 6.07) is 5.57. The summed E-state index contributed by atoms with van der Waals surface area (Å²) in [5.74, 6) is 1.76. The van der Waals surface area contributed by atoms with Gasteiger partial charge in [0.15, 0.2) is 17.5 Å². The molecule has 0 saturated heterocycles. The standard InChI is InChI=1S/C18H29N3O3.HI/c1-4-24-11-10-18(8-5-9-18)13-20-17(19)21-14-6-7-15(22-2)16(12-14)23-3;/h6-7,12H,4-5,8-11,13H2,1-3H3,(H3,19,20,21);1H. The van der Waals surface area contributed by atoms with Crippen molar-refractivity contribution in [3.8, 4) is 11.5 Å². The normalized spacial score (nSPS) is 15.7. The molecule has 1 aromatic carbocycles. The van der Waals surface area contributed by atoms with E-state index in [4.69, 9.17) is 19.9 Å². The summed E-state index contributed by atoms with van der Waals surface area (Å²) >= 11 is 0. The number of anilines is 1. The fourth-order valence-corrected chi connectivity index (χ4v) is 2.95. The summed E-state index contributed by atoms with van der Waals surface area (Å²) in [6.45, 7) is 4.33. The van der Waals surface area contributed by atoms with Crippen LogP contribution in [-0.4, -0.2) is 39.9 Å². The highest BCUT2D eigenvalue weighted by molar-refractivity contribution is 14.0. The van der Waals surface area contributed by atoms with Crippen molar-refractivity contribution in [2.75, 3.05) is 39.3 Å². The van der Waals surface area contributed by atoms with Gasteiger partial charge in [0.25, 0.3) is 0 Å². The first-order valence-electron chi connectivity index (χ1n) is 8.49. The second-order valence-electron chi connectivity index (χ2n) is 6.20. The lowest BCUT2D eigenvalue weighted by Gasteiger charge is -2.40. The van der Waals surface area contributed by atoms with E-state index in [1.54, 1.807) is 14.2 Å². The van der Waals surface area contributed by atoms with Crippen LogP contribution < -0.4 is 20.5 Å². The number of aliphatic imine (C=N–C) groups is 1. The molecule has 1 aliphatic carbocycles. The molecule has 7 heteroatoms. The molecule has 1 aliphatic rings. The van der Waals surface area contributed by atoms with Gasteiger partial charge in [-0.15, -0.1) is 24.0 Å². The molecule has 0 spiro atoms. The molecule has 0 aliphatic heterocycles. The monoisotopic (exact) mass is 463 g/mol. The number of methoxy groups -OCH3 is 2. The van der Waals surface area contributed by atoms with Gasteiger partial charge in [-0.1, -0.05) is 6.42 Å². The zero-order valence-corrected chi connectivity index (χ0v) is 17.7. The summed E-state index contributed by atoms with van der Waals surface area (Å²) in [6.07, 6.45) is 4.72. The highest BCUT2D eigenvalue weighted by atomic mass is 127. The average molecular weight is 463 g/mol. The minimum Gasteiger partial charge on any atom is -0.493 e. The van der Waals surface area contributed by atoms with Crippen LogP contribution >= 0.6 is 24.0 Å². The molecule has 0 atom stereocenters. The van der Waals surface area contributed by atoms with Gasteiger partial charge in [0.05, 0.1) is 14.2 Å². The molecule has 0 aromatic heterocycles. The van der Waals surface area contributed by atoms with E-state index in [2.05, 4.69) is 10.3 Å². The van der Waals surface area contributed by atoms with Crippen molar-refractivity contribution < 1.29 is 14.2 Å². The smallest absolute Gasteiger partial charge is 0.193 e. The topological polar surface area (TPSA) is 78.1 Å². The van der Waals surface area contributed by atoms with Crippen LogP contribution in [0.2, 0.25) is 0 Å². The highest BCUT2D eigenvalue weighted by Crippen LogP contribution is 2.44. The Labute approximate surface area is 167 Å². The Hall–Kier alpha value is -1.22. The lowest BCUT2D eigenvalue weighted by atomic mass is 9.67. The molecule has 2 rings (SSSR count). The van der Waals surface area contributed by atoms with Crippen LogP contribution in [-0.2, 0) is 4.74 Å². The highest BCUT2D eigenvalue weighted by Gasteiger charge is 2.36. The van der Waals surface area contributed by atoms with Crippen LogP contribution in [0.4, 0.5) is 5.69 Å². The number of nitrogens with two attached hydrogens (primary N) is 1. The molecule has 1 saturated carbocycles. The predicted octanol–water partition coefficient (Wildman–Crippen LogP) is 3.65. The number of rotatable bonds is 9. The maximum atomic E-state index is 6.04. The number of benzene rings is 1. The van der Waals surface area contributed by atoms with E-state index in [-0.39, 0.29) is 29.4 Å². The first kappa shape index (κ1) is 21.8. The third-order valence-electron chi connectivity index (χ3n) is 4.64. The first-order valence-corrected chi connectivity index (χ1v) is 8.49. The van der Waals surface area contributed by atoms with Crippen molar-refractivity contribution in [2.24, 2.45) is 16.1 Å². The van der Waals surface area contributed by atoms with E-state index < -0.39 is 0 Å². The van der Waals surface area contributed by atoms with Gasteiger partial charge in [-0.25, -0.2) is 0 Å². The number of ether oxygens (including phenoxy) is 3. The number of guanidine groups is 1. The molecule has 0 heterocycles. The minimum absolute atomic E-state index is 0. The molecule has 0 amide bonds. The Morgan fingerprint density at radius 3 is 2.52 bits per heavy atom. The van der Waals surface area contributed by atoms with Gasteiger partial charge in [-0.3, -0.25) is 4.99 Å². The summed E-state index contributed by atoms with van der Waals surface area (Å²) in [4.78, 5) is 4.55. The van der Waals surface area contributed by atoms with Crippen LogP contribution in [0.25, 0.3) is 0 Å². The second-order valence-corrected chi connectivity index (χ2v) is 6.20. The molecule has 0 unspecified atom stereocenters. The second kappa shape index (κ2) is 10.7. The van der Waals surface area contributed by atoms with Crippen molar-refractivity contribution in [2.45, 2.75) is 32.6 Å². The Bertz CT molecular complexity index is 562. The predicted molar refractivity (Wildman–Crippen MR) is 112 cm³/mol. The molecule has 6 nitrogen and oxygen atoms in total. The van der Waals surface area contributed by atoms with Gasteiger partial charge < -0.3 is 25.3 Å². The molecule has 25 heavy (non-hydrogen) atoms. The third kappa shape index (κ3) is 6.22. The molecule has 0 bridgehead atoms. The van der Waals surface area contributed by atoms with Gasteiger partial charge in [0.1, 0.15) is 0 Å². The van der Waals surface area contributed by atoms with Crippen LogP contribution in [0.3, 0.4) is 0 Å². The summed E-state index contributed by atoms with van der Waals surface area (Å²) in [5.41, 5.74) is 7.13. The van der Waals surface area contributed by atoms with Gasteiger partial charge in [-0.05, 0) is 43.7 Å². The lowest BCUT2D eigenvalue weighted by molar-refractivity contribution is 0.0610. The zero-order valence-electron chi connectivity index (χ0n) is 15.3. The lowest BCUT2D eigenvalue weighted by Crippen LogP contribution is -2.35. The molecular formula is C18H30IN3O3. The van der Waals surface area contributed by atoms with Gasteiger partial charge in [-0.2, -0.15) is 0 Å². The minimum atomic E-state index is 0. The van der Waals surface area contributed by atoms with Gasteiger partial charge in [0, 0.05) is 31.5 Å². The van der Waals surface area contributed by atoms with Crippen LogP contribution in [0.1, 0.15) is 32.6 Å². The van der Waals surface area contributed by atoms with Crippen molar-refractivity contribution in [1.29, 1.82) is 0 Å². The average Bonchev–Trinajstić information content (AvgIpc) is 2.56. The van der Waals surface area contributed by atoms with Crippen LogP contribution in [0.15, 0.2) is 23.2 Å². The van der Waals surface area contributed by atoms with Gasteiger partial charge in [0.2, 0.25) is 0 Å². The number of halogens is 1. The van der Waals surface area contributed by atoms with E-state index in [1.807, 2.05) is 25.1 Å². The third-order valence-corrected chi connectivity index (χ3v) is 4.64. The van der Waals surface area contributed by atoms with Crippen LogP contribution in [0.5, 0.6) is 11.5 Å². The van der Waals surface area contributed by atoms with E-state index in [0.717, 1.165) is 31.9 Å². The molecule has 142 valence electrons. The SMILES string of the molecule is CCOCCC1(CN=C(N)Nc2ccc(OC)c(OC)c2)CCC1.I. The van der Waals surface area contributed by atoms with E-state index >= 15 is 0 Å². The fraction of sp³-hybridized carbons (Fsp3) is 0.611. The summed E-state index contributed by atoms with van der Waals surface area (Å²) in [5, 5.41) is 3.12. The van der Waals surface area contributed by atoms with E-state index in [1.165, 1.54) is 19.3 Å². The maximum absolute atomic E-state index is 6.04. The Balaban J connectivity index is 0.00000312. The number of nitrogens with zero attached hydrogens (tertiary/aromatic N) is 1. The molecular weight excluding hydrogens is 433 g/mol. The Morgan fingerprint density at radius 2 is 1.96 bits per heavy atom.